The molecule has 2 aromatic rings. The zero-order valence-corrected chi connectivity index (χ0v) is 18.1. The van der Waals surface area contributed by atoms with Crippen LogP contribution in [-0.4, -0.2) is 22.8 Å². The van der Waals surface area contributed by atoms with E-state index in [1.54, 1.807) is 25.1 Å². The molecule has 0 saturated carbocycles. The van der Waals surface area contributed by atoms with Crippen LogP contribution in [0.1, 0.15) is 31.0 Å². The third-order valence-corrected chi connectivity index (χ3v) is 5.87. The molecule has 0 aromatic heterocycles. The van der Waals surface area contributed by atoms with Gasteiger partial charge in [-0.25, -0.2) is 0 Å². The number of rotatable bonds is 5. The van der Waals surface area contributed by atoms with E-state index in [0.717, 1.165) is 16.8 Å². The van der Waals surface area contributed by atoms with Crippen molar-refractivity contribution in [3.8, 4) is 5.75 Å². The second-order valence-corrected chi connectivity index (χ2v) is 7.76. The van der Waals surface area contributed by atoms with E-state index < -0.39 is 0 Å². The third-order valence-electron chi connectivity index (χ3n) is 4.77. The predicted molar refractivity (Wildman–Crippen MR) is 117 cm³/mol. The molecule has 1 unspecified atom stereocenters. The number of benzene rings is 2. The first-order valence-electron chi connectivity index (χ1n) is 8.71. The molecule has 1 N–H and O–H groups in total. The van der Waals surface area contributed by atoms with Gasteiger partial charge in [0.05, 0.1) is 6.04 Å². The van der Waals surface area contributed by atoms with Crippen LogP contribution >= 0.6 is 35.4 Å². The average Bonchev–Trinajstić information content (AvgIpc) is 2.65. The molecule has 0 bridgehead atoms. The van der Waals surface area contributed by atoms with E-state index in [9.17, 15) is 4.79 Å². The molecule has 0 fully saturated rings. The SMILES string of the molecule is CC(=O)C1=C(C)N(C)C(=S)NC1c1cccc(OCc2c(Cl)cccc2Cl)c1. The maximum absolute atomic E-state index is 12.3. The summed E-state index contributed by atoms with van der Waals surface area (Å²) in [7, 11) is 1.84. The summed E-state index contributed by atoms with van der Waals surface area (Å²) in [6.07, 6.45) is 0. The lowest BCUT2D eigenvalue weighted by molar-refractivity contribution is -0.114. The van der Waals surface area contributed by atoms with Crippen molar-refractivity contribution in [2.75, 3.05) is 7.05 Å². The van der Waals surface area contributed by atoms with Crippen molar-refractivity contribution >= 4 is 46.3 Å². The van der Waals surface area contributed by atoms with Crippen LogP contribution < -0.4 is 10.1 Å². The van der Waals surface area contributed by atoms with Crippen LogP contribution in [0.2, 0.25) is 10.0 Å². The number of nitrogens with zero attached hydrogens (tertiary/aromatic N) is 1. The molecule has 0 saturated heterocycles. The van der Waals surface area contributed by atoms with E-state index in [0.29, 0.717) is 26.5 Å². The number of carbonyl (C=O) groups excluding carboxylic acids is 1. The van der Waals surface area contributed by atoms with Gasteiger partial charge in [0.2, 0.25) is 0 Å². The minimum atomic E-state index is -0.325. The molecule has 4 nitrogen and oxygen atoms in total. The van der Waals surface area contributed by atoms with Crippen LogP contribution in [0.15, 0.2) is 53.7 Å². The van der Waals surface area contributed by atoms with E-state index in [1.807, 2.05) is 43.1 Å². The Morgan fingerprint density at radius 3 is 2.50 bits per heavy atom. The number of thiocarbonyl (C=S) groups is 1. The highest BCUT2D eigenvalue weighted by Crippen LogP contribution is 2.32. The number of halogens is 2. The Bertz CT molecular complexity index is 954. The number of hydrogen-bond acceptors (Lipinski definition) is 3. The molecule has 2 aromatic carbocycles. The molecule has 0 spiro atoms. The van der Waals surface area contributed by atoms with Gasteiger partial charge in [-0.3, -0.25) is 4.79 Å². The van der Waals surface area contributed by atoms with Gasteiger partial charge in [0.15, 0.2) is 10.9 Å². The number of hydrogen-bond donors (Lipinski definition) is 1. The molecule has 0 amide bonds. The summed E-state index contributed by atoms with van der Waals surface area (Å²) in [6, 6.07) is 12.6. The first kappa shape index (κ1) is 20.6. The van der Waals surface area contributed by atoms with E-state index in [4.69, 9.17) is 40.2 Å². The van der Waals surface area contributed by atoms with Gasteiger partial charge in [0.1, 0.15) is 12.4 Å². The van der Waals surface area contributed by atoms with Crippen molar-refractivity contribution in [3.63, 3.8) is 0 Å². The molecule has 28 heavy (non-hydrogen) atoms. The van der Waals surface area contributed by atoms with Crippen LogP contribution in [0.3, 0.4) is 0 Å². The van der Waals surface area contributed by atoms with Gasteiger partial charge in [0, 0.05) is 33.9 Å². The first-order chi connectivity index (χ1) is 13.3. The van der Waals surface area contributed by atoms with Crippen LogP contribution in [0.25, 0.3) is 0 Å². The number of ether oxygens (including phenoxy) is 1. The fourth-order valence-electron chi connectivity index (χ4n) is 3.15. The molecule has 3 rings (SSSR count). The molecule has 0 radical (unpaired) electrons. The maximum atomic E-state index is 12.3. The van der Waals surface area contributed by atoms with E-state index in [-0.39, 0.29) is 18.4 Å². The van der Waals surface area contributed by atoms with Gasteiger partial charge in [-0.05, 0) is 55.9 Å². The zero-order chi connectivity index (χ0) is 20.4. The molecule has 146 valence electrons. The van der Waals surface area contributed by atoms with Gasteiger partial charge in [-0.15, -0.1) is 0 Å². The number of ketones is 1. The highest BCUT2D eigenvalue weighted by atomic mass is 35.5. The molecule has 1 heterocycles. The van der Waals surface area contributed by atoms with E-state index in [2.05, 4.69) is 5.32 Å². The Morgan fingerprint density at radius 2 is 1.86 bits per heavy atom. The number of nitrogens with one attached hydrogen (secondary N) is 1. The minimum Gasteiger partial charge on any atom is -0.489 e. The molecule has 1 atom stereocenters. The summed E-state index contributed by atoms with van der Waals surface area (Å²) in [6.45, 7) is 3.71. The normalized spacial score (nSPS) is 16.8. The largest absolute Gasteiger partial charge is 0.489 e. The Hall–Kier alpha value is -2.08. The fraction of sp³-hybridized carbons (Fsp3) is 0.238. The molecular formula is C21H20Cl2N2O2S. The summed E-state index contributed by atoms with van der Waals surface area (Å²) in [5.41, 5.74) is 3.15. The lowest BCUT2D eigenvalue weighted by Gasteiger charge is -2.35. The summed E-state index contributed by atoms with van der Waals surface area (Å²) < 4.78 is 5.91. The van der Waals surface area contributed by atoms with Gasteiger partial charge in [-0.2, -0.15) is 0 Å². The van der Waals surface area contributed by atoms with Crippen molar-refractivity contribution in [2.24, 2.45) is 0 Å². The zero-order valence-electron chi connectivity index (χ0n) is 15.8. The third kappa shape index (κ3) is 4.17. The number of allylic oxidation sites excluding steroid dienone is 1. The van der Waals surface area contributed by atoms with Gasteiger partial charge < -0.3 is 15.0 Å². The maximum Gasteiger partial charge on any atom is 0.173 e. The quantitative estimate of drug-likeness (QED) is 0.646. The highest BCUT2D eigenvalue weighted by Gasteiger charge is 2.30. The lowest BCUT2D eigenvalue weighted by atomic mass is 9.92. The van der Waals surface area contributed by atoms with E-state index >= 15 is 0 Å². The van der Waals surface area contributed by atoms with Crippen LogP contribution in [0.5, 0.6) is 5.75 Å². The van der Waals surface area contributed by atoms with Crippen molar-refractivity contribution < 1.29 is 9.53 Å². The smallest absolute Gasteiger partial charge is 0.173 e. The second-order valence-electron chi connectivity index (χ2n) is 6.56. The van der Waals surface area contributed by atoms with Crippen LogP contribution in [0, 0.1) is 0 Å². The standard InChI is InChI=1S/C21H20Cl2N2O2S/c1-12-19(13(2)26)20(24-21(28)25(12)3)14-6-4-7-15(10-14)27-11-16-17(22)8-5-9-18(16)23/h4-10,20H,11H2,1-3H3,(H,24,28). The number of carbonyl (C=O) groups is 1. The Balaban J connectivity index is 1.88. The highest BCUT2D eigenvalue weighted by molar-refractivity contribution is 7.80. The lowest BCUT2D eigenvalue weighted by Crippen LogP contribution is -2.45. The molecule has 1 aliphatic heterocycles. The summed E-state index contributed by atoms with van der Waals surface area (Å²) in [4.78, 5) is 14.1. The molecule has 1 aliphatic rings. The minimum absolute atomic E-state index is 0.00137. The first-order valence-corrected chi connectivity index (χ1v) is 9.87. The van der Waals surface area contributed by atoms with Crippen molar-refractivity contribution in [1.82, 2.24) is 10.2 Å². The fourth-order valence-corrected chi connectivity index (χ4v) is 3.91. The Kier molecular flexibility index (Phi) is 6.28. The molecule has 7 heteroatoms. The van der Waals surface area contributed by atoms with Gasteiger partial charge in [-0.1, -0.05) is 41.4 Å². The number of Topliss-reactive ketones (excluding diaryl/α,β-unsaturated/α-hetero) is 1. The summed E-state index contributed by atoms with van der Waals surface area (Å²) >= 11 is 17.8. The molecular weight excluding hydrogens is 415 g/mol. The van der Waals surface area contributed by atoms with E-state index in [1.165, 1.54) is 0 Å². The second kappa shape index (κ2) is 8.52. The summed E-state index contributed by atoms with van der Waals surface area (Å²) in [5, 5.41) is 4.93. The van der Waals surface area contributed by atoms with Gasteiger partial charge in [0.25, 0.3) is 0 Å². The summed E-state index contributed by atoms with van der Waals surface area (Å²) in [5.74, 6) is 0.652. The Morgan fingerprint density at radius 1 is 1.21 bits per heavy atom. The van der Waals surface area contributed by atoms with Crippen LogP contribution in [0.4, 0.5) is 0 Å². The van der Waals surface area contributed by atoms with Crippen molar-refractivity contribution in [2.45, 2.75) is 26.5 Å². The molecule has 0 aliphatic carbocycles. The van der Waals surface area contributed by atoms with Crippen molar-refractivity contribution in [3.05, 3.63) is 74.9 Å². The van der Waals surface area contributed by atoms with Crippen molar-refractivity contribution in [1.29, 1.82) is 0 Å². The van der Waals surface area contributed by atoms with Gasteiger partial charge >= 0.3 is 0 Å². The monoisotopic (exact) mass is 434 g/mol. The average molecular weight is 435 g/mol. The topological polar surface area (TPSA) is 41.6 Å². The Labute approximate surface area is 180 Å². The predicted octanol–water partition coefficient (Wildman–Crippen LogP) is 5.30. The van der Waals surface area contributed by atoms with Crippen LogP contribution in [-0.2, 0) is 11.4 Å².